The summed E-state index contributed by atoms with van der Waals surface area (Å²) < 4.78 is 63.6. The monoisotopic (exact) mass is 570 g/mol. The number of hydrogen-bond donors (Lipinski definition) is 2. The zero-order valence-corrected chi connectivity index (χ0v) is 21.9. The lowest BCUT2D eigenvalue weighted by Crippen LogP contribution is -2.40. The van der Waals surface area contributed by atoms with Crippen molar-refractivity contribution in [2.24, 2.45) is 5.92 Å². The van der Waals surface area contributed by atoms with Crippen LogP contribution in [0.5, 0.6) is 0 Å². The fourth-order valence-corrected chi connectivity index (χ4v) is 4.03. The summed E-state index contributed by atoms with van der Waals surface area (Å²) in [5.74, 6) is -4.80. The molecule has 0 aliphatic rings. The van der Waals surface area contributed by atoms with Gasteiger partial charge in [-0.1, -0.05) is 35.9 Å². The van der Waals surface area contributed by atoms with Gasteiger partial charge in [-0.3, -0.25) is 14.7 Å². The number of carbonyl (C=O) groups excluding carboxylic acids is 2. The van der Waals surface area contributed by atoms with Gasteiger partial charge in [-0.2, -0.15) is 18.2 Å². The minimum absolute atomic E-state index is 0.0214. The number of carbonyl (C=O) groups is 2. The Morgan fingerprint density at radius 1 is 1.10 bits per heavy atom. The number of alkyl halides is 3. The number of rotatable bonds is 12. The SMILES string of the molecule is CCOCC(C[C@@H](Cc1ccc(-c2cc(Cl)ccc2F)cc1)NC(=O)c1n[nH]c(C(F)(F)F)n1)C(=O)OCC. The number of aromatic amines is 1. The van der Waals surface area contributed by atoms with Gasteiger partial charge in [0.05, 0.1) is 19.1 Å². The normalized spacial score (nSPS) is 13.1. The largest absolute Gasteiger partial charge is 0.466 e. The Balaban J connectivity index is 1.84. The van der Waals surface area contributed by atoms with Crippen LogP contribution in [0.1, 0.15) is 42.3 Å². The quantitative estimate of drug-likeness (QED) is 0.228. The van der Waals surface area contributed by atoms with E-state index in [9.17, 15) is 27.2 Å². The molecule has 210 valence electrons. The summed E-state index contributed by atoms with van der Waals surface area (Å²) in [7, 11) is 0. The van der Waals surface area contributed by atoms with Gasteiger partial charge in [-0.25, -0.2) is 4.39 Å². The number of nitrogens with zero attached hydrogens (tertiary/aromatic N) is 2. The summed E-state index contributed by atoms with van der Waals surface area (Å²) >= 11 is 6.00. The molecule has 0 aliphatic heterocycles. The van der Waals surface area contributed by atoms with E-state index in [4.69, 9.17) is 21.1 Å². The molecule has 0 spiro atoms. The molecule has 39 heavy (non-hydrogen) atoms. The number of amides is 1. The molecule has 13 heteroatoms. The molecule has 1 heterocycles. The molecule has 8 nitrogen and oxygen atoms in total. The topological polar surface area (TPSA) is 106 Å². The van der Waals surface area contributed by atoms with Crippen molar-refractivity contribution in [3.63, 3.8) is 0 Å². The lowest BCUT2D eigenvalue weighted by molar-refractivity contribution is -0.150. The first-order valence-corrected chi connectivity index (χ1v) is 12.5. The van der Waals surface area contributed by atoms with Crippen LogP contribution in [0, 0.1) is 11.7 Å². The molecule has 1 aromatic heterocycles. The smallest absolute Gasteiger partial charge is 0.451 e. The van der Waals surface area contributed by atoms with Gasteiger partial charge in [0.15, 0.2) is 0 Å². The molecule has 0 saturated heterocycles. The second kappa shape index (κ2) is 13.5. The predicted molar refractivity (Wildman–Crippen MR) is 134 cm³/mol. The second-order valence-corrected chi connectivity index (χ2v) is 8.98. The highest BCUT2D eigenvalue weighted by molar-refractivity contribution is 6.30. The van der Waals surface area contributed by atoms with E-state index in [-0.39, 0.29) is 26.1 Å². The number of ether oxygens (including phenoxy) is 2. The molecule has 3 aromatic rings. The highest BCUT2D eigenvalue weighted by Gasteiger charge is 2.36. The second-order valence-electron chi connectivity index (χ2n) is 8.55. The average molecular weight is 571 g/mol. The molecule has 2 N–H and O–H groups in total. The maximum Gasteiger partial charge on any atom is 0.451 e. The zero-order valence-electron chi connectivity index (χ0n) is 21.1. The van der Waals surface area contributed by atoms with Crippen molar-refractivity contribution < 1.29 is 36.6 Å². The number of hydrogen-bond acceptors (Lipinski definition) is 6. The minimum atomic E-state index is -4.80. The molecule has 2 atom stereocenters. The first kappa shape index (κ1) is 30.0. The number of H-pyrrole nitrogens is 1. The van der Waals surface area contributed by atoms with Gasteiger partial charge in [-0.15, -0.1) is 5.10 Å². The van der Waals surface area contributed by atoms with E-state index in [1.54, 1.807) is 43.2 Å². The van der Waals surface area contributed by atoms with Gasteiger partial charge in [0, 0.05) is 23.2 Å². The van der Waals surface area contributed by atoms with Gasteiger partial charge >= 0.3 is 12.1 Å². The van der Waals surface area contributed by atoms with Gasteiger partial charge < -0.3 is 14.8 Å². The standard InChI is InChI=1S/C26H27ClF4N4O4/c1-3-38-14-17(24(37)39-4-2)12-19(32-23(36)22-33-25(35-34-22)26(29,30)31)11-15-5-7-16(8-6-15)20-13-18(27)9-10-21(20)28/h5-10,13,17,19H,3-4,11-12,14H2,1-2H3,(H,32,36)(H,33,34,35)/t17?,19-/m1/s1. The van der Waals surface area contributed by atoms with Crippen LogP contribution < -0.4 is 5.32 Å². The third-order valence-corrected chi connectivity index (χ3v) is 5.91. The fraction of sp³-hybridized carbons (Fsp3) is 0.385. The van der Waals surface area contributed by atoms with Crippen LogP contribution in [-0.4, -0.2) is 52.9 Å². The zero-order chi connectivity index (χ0) is 28.6. The Morgan fingerprint density at radius 3 is 2.44 bits per heavy atom. The molecule has 0 radical (unpaired) electrons. The molecule has 0 aliphatic carbocycles. The van der Waals surface area contributed by atoms with Crippen molar-refractivity contribution in [3.8, 4) is 11.1 Å². The summed E-state index contributed by atoms with van der Waals surface area (Å²) in [5, 5.41) is 8.06. The van der Waals surface area contributed by atoms with Crippen molar-refractivity contribution in [2.45, 2.75) is 38.9 Å². The summed E-state index contributed by atoms with van der Waals surface area (Å²) in [6, 6.07) is 10.2. The number of nitrogens with one attached hydrogen (secondary N) is 2. The summed E-state index contributed by atoms with van der Waals surface area (Å²) in [6.07, 6.45) is -4.56. The highest BCUT2D eigenvalue weighted by atomic mass is 35.5. The Bertz CT molecular complexity index is 1270. The number of aromatic nitrogens is 3. The number of halogens is 5. The van der Waals surface area contributed by atoms with Gasteiger partial charge in [0.1, 0.15) is 5.82 Å². The van der Waals surface area contributed by atoms with Gasteiger partial charge in [0.25, 0.3) is 5.91 Å². The lowest BCUT2D eigenvalue weighted by Gasteiger charge is -2.23. The summed E-state index contributed by atoms with van der Waals surface area (Å²) in [6.45, 7) is 3.91. The number of esters is 1. The predicted octanol–water partition coefficient (Wildman–Crippen LogP) is 5.23. The average Bonchev–Trinajstić information content (AvgIpc) is 3.40. The van der Waals surface area contributed by atoms with Gasteiger partial charge in [-0.05, 0) is 56.0 Å². The summed E-state index contributed by atoms with van der Waals surface area (Å²) in [5.41, 5.74) is 1.58. The molecular formula is C26H27ClF4N4O4. The Kier molecular flexibility index (Phi) is 10.4. The number of benzene rings is 2. The Hall–Kier alpha value is -3.51. The first-order chi connectivity index (χ1) is 18.5. The Labute approximate surface area is 227 Å². The minimum Gasteiger partial charge on any atom is -0.466 e. The highest BCUT2D eigenvalue weighted by Crippen LogP contribution is 2.27. The van der Waals surface area contributed by atoms with Crippen LogP contribution in [0.15, 0.2) is 42.5 Å². The third-order valence-electron chi connectivity index (χ3n) is 5.68. The van der Waals surface area contributed by atoms with E-state index in [2.05, 4.69) is 15.4 Å². The molecule has 0 saturated carbocycles. The summed E-state index contributed by atoms with van der Waals surface area (Å²) in [4.78, 5) is 28.5. The van der Waals surface area contributed by atoms with Crippen LogP contribution >= 0.6 is 11.6 Å². The lowest BCUT2D eigenvalue weighted by atomic mass is 9.94. The molecule has 1 unspecified atom stereocenters. The Morgan fingerprint density at radius 2 is 1.82 bits per heavy atom. The fourth-order valence-electron chi connectivity index (χ4n) is 3.85. The molecular weight excluding hydrogens is 544 g/mol. The molecule has 0 bridgehead atoms. The van der Waals surface area contributed by atoms with E-state index >= 15 is 0 Å². The van der Waals surface area contributed by atoms with Gasteiger partial charge in [0.2, 0.25) is 11.6 Å². The van der Waals surface area contributed by atoms with Crippen molar-refractivity contribution in [1.29, 1.82) is 0 Å². The van der Waals surface area contributed by atoms with Crippen LogP contribution in [0.25, 0.3) is 11.1 Å². The molecule has 1 amide bonds. The van der Waals surface area contributed by atoms with E-state index in [0.717, 1.165) is 0 Å². The van der Waals surface area contributed by atoms with Crippen LogP contribution in [0.3, 0.4) is 0 Å². The van der Waals surface area contributed by atoms with E-state index in [1.807, 2.05) is 0 Å². The van der Waals surface area contributed by atoms with Crippen LogP contribution in [-0.2, 0) is 26.9 Å². The van der Waals surface area contributed by atoms with Crippen molar-refractivity contribution in [1.82, 2.24) is 20.5 Å². The van der Waals surface area contributed by atoms with E-state index in [1.165, 1.54) is 18.2 Å². The van der Waals surface area contributed by atoms with E-state index < -0.39 is 47.5 Å². The van der Waals surface area contributed by atoms with Crippen LogP contribution in [0.4, 0.5) is 17.6 Å². The molecule has 2 aromatic carbocycles. The maximum atomic E-state index is 14.3. The molecule has 3 rings (SSSR count). The van der Waals surface area contributed by atoms with Crippen LogP contribution in [0.2, 0.25) is 5.02 Å². The van der Waals surface area contributed by atoms with E-state index in [0.29, 0.717) is 28.3 Å². The van der Waals surface area contributed by atoms with Crippen molar-refractivity contribution in [2.75, 3.05) is 19.8 Å². The molecule has 0 fully saturated rings. The van der Waals surface area contributed by atoms with Crippen molar-refractivity contribution >= 4 is 23.5 Å². The maximum absolute atomic E-state index is 14.3. The third kappa shape index (κ3) is 8.49. The first-order valence-electron chi connectivity index (χ1n) is 12.1. The van der Waals surface area contributed by atoms with Crippen molar-refractivity contribution in [3.05, 3.63) is 70.5 Å².